The van der Waals surface area contributed by atoms with Gasteiger partial charge in [-0.15, -0.1) is 11.3 Å². The van der Waals surface area contributed by atoms with Crippen molar-refractivity contribution in [2.45, 2.75) is 19.8 Å². The third-order valence-corrected chi connectivity index (χ3v) is 4.64. The fraction of sp³-hybridized carbons (Fsp3) is 0.167. The fourth-order valence-electron chi connectivity index (χ4n) is 2.70. The molecule has 0 fully saturated rings. The molecular formula is C18H14N2O3S. The van der Waals surface area contributed by atoms with E-state index in [1.807, 2.05) is 23.6 Å². The summed E-state index contributed by atoms with van der Waals surface area (Å²) in [6, 6.07) is 9.00. The molecule has 0 radical (unpaired) electrons. The number of hydrogen-bond acceptors (Lipinski definition) is 6. The van der Waals surface area contributed by atoms with Gasteiger partial charge in [0.05, 0.1) is 5.52 Å². The lowest BCUT2D eigenvalue weighted by atomic mass is 10.1. The number of aromatic nitrogens is 2. The molecule has 0 atom stereocenters. The van der Waals surface area contributed by atoms with Gasteiger partial charge in [0.1, 0.15) is 22.4 Å². The van der Waals surface area contributed by atoms with E-state index < -0.39 is 0 Å². The topological polar surface area (TPSA) is 65.2 Å². The lowest BCUT2D eigenvalue weighted by molar-refractivity contribution is 0.467. The van der Waals surface area contributed by atoms with Gasteiger partial charge in [-0.25, -0.2) is 14.8 Å². The summed E-state index contributed by atoms with van der Waals surface area (Å²) in [7, 11) is 0. The Balaban J connectivity index is 1.78. The van der Waals surface area contributed by atoms with Crippen molar-refractivity contribution in [2.24, 2.45) is 0 Å². The molecule has 24 heavy (non-hydrogen) atoms. The second kappa shape index (κ2) is 6.05. The Hall–Kier alpha value is -2.73. The zero-order valence-electron chi connectivity index (χ0n) is 13.0. The summed E-state index contributed by atoms with van der Waals surface area (Å²) in [5.74, 6) is 1.08. The maximum absolute atomic E-state index is 11.8. The number of thiophene rings is 1. The highest BCUT2D eigenvalue weighted by atomic mass is 32.1. The smallest absolute Gasteiger partial charge is 0.336 e. The van der Waals surface area contributed by atoms with E-state index in [2.05, 4.69) is 16.9 Å². The molecular weight excluding hydrogens is 324 g/mol. The molecule has 3 aromatic heterocycles. The van der Waals surface area contributed by atoms with Crippen LogP contribution >= 0.6 is 11.3 Å². The predicted molar refractivity (Wildman–Crippen MR) is 94.0 cm³/mol. The van der Waals surface area contributed by atoms with Gasteiger partial charge >= 0.3 is 5.63 Å². The van der Waals surface area contributed by atoms with Crippen molar-refractivity contribution >= 4 is 32.5 Å². The zero-order chi connectivity index (χ0) is 16.5. The van der Waals surface area contributed by atoms with E-state index in [9.17, 15) is 4.79 Å². The van der Waals surface area contributed by atoms with Crippen molar-refractivity contribution in [1.29, 1.82) is 0 Å². The molecule has 0 bridgehead atoms. The summed E-state index contributed by atoms with van der Waals surface area (Å²) >= 11 is 1.52. The molecule has 120 valence electrons. The van der Waals surface area contributed by atoms with Crippen LogP contribution in [0, 0.1) is 0 Å². The number of hydrogen-bond donors (Lipinski definition) is 0. The van der Waals surface area contributed by atoms with Gasteiger partial charge < -0.3 is 9.15 Å². The largest absolute Gasteiger partial charge is 0.437 e. The van der Waals surface area contributed by atoms with Crippen LogP contribution in [0.2, 0.25) is 0 Å². The Morgan fingerprint density at radius 1 is 1.21 bits per heavy atom. The van der Waals surface area contributed by atoms with Crippen LogP contribution in [0.3, 0.4) is 0 Å². The fourth-order valence-corrected chi connectivity index (χ4v) is 3.47. The van der Waals surface area contributed by atoms with Gasteiger partial charge in [0, 0.05) is 17.5 Å². The maximum Gasteiger partial charge on any atom is 0.336 e. The normalized spacial score (nSPS) is 11.2. The summed E-state index contributed by atoms with van der Waals surface area (Å²) in [5, 5.41) is 2.88. The highest BCUT2D eigenvalue weighted by Gasteiger charge is 2.10. The Morgan fingerprint density at radius 2 is 2.12 bits per heavy atom. The van der Waals surface area contributed by atoms with Crippen LogP contribution in [0.4, 0.5) is 0 Å². The van der Waals surface area contributed by atoms with Crippen LogP contribution in [0.1, 0.15) is 18.9 Å². The molecule has 0 amide bonds. The quantitative estimate of drug-likeness (QED) is 0.511. The Kier molecular flexibility index (Phi) is 3.74. The zero-order valence-corrected chi connectivity index (χ0v) is 13.8. The van der Waals surface area contributed by atoms with Gasteiger partial charge in [-0.1, -0.05) is 13.3 Å². The van der Waals surface area contributed by atoms with Crippen LogP contribution in [0.5, 0.6) is 11.6 Å². The Morgan fingerprint density at radius 3 is 3.00 bits per heavy atom. The minimum absolute atomic E-state index is 0.342. The predicted octanol–water partition coefficient (Wildman–Crippen LogP) is 4.54. The lowest BCUT2D eigenvalue weighted by Gasteiger charge is -2.08. The lowest BCUT2D eigenvalue weighted by Crippen LogP contribution is -2.00. The molecule has 0 aliphatic carbocycles. The minimum Gasteiger partial charge on any atom is -0.437 e. The second-order valence-corrected chi connectivity index (χ2v) is 6.33. The van der Waals surface area contributed by atoms with Crippen LogP contribution in [-0.4, -0.2) is 9.97 Å². The summed E-state index contributed by atoms with van der Waals surface area (Å²) in [4.78, 5) is 20.2. The molecule has 0 N–H and O–H groups in total. The number of nitrogens with zero attached hydrogens (tertiary/aromatic N) is 2. The number of ether oxygens (including phenoxy) is 1. The first-order valence-corrected chi connectivity index (χ1v) is 8.55. The van der Waals surface area contributed by atoms with E-state index in [-0.39, 0.29) is 5.63 Å². The first-order chi connectivity index (χ1) is 11.7. The van der Waals surface area contributed by atoms with Crippen molar-refractivity contribution in [2.75, 3.05) is 0 Å². The van der Waals surface area contributed by atoms with Gasteiger partial charge in [-0.2, -0.15) is 0 Å². The molecule has 5 nitrogen and oxygen atoms in total. The van der Waals surface area contributed by atoms with Gasteiger partial charge in [-0.3, -0.25) is 0 Å². The summed E-state index contributed by atoms with van der Waals surface area (Å²) < 4.78 is 12.1. The number of aryl methyl sites for hydroxylation is 1. The minimum atomic E-state index is -0.342. The van der Waals surface area contributed by atoms with E-state index in [0.29, 0.717) is 17.2 Å². The van der Waals surface area contributed by atoms with Gasteiger partial charge in [0.25, 0.3) is 0 Å². The third-order valence-electron chi connectivity index (χ3n) is 3.75. The molecule has 0 saturated carbocycles. The van der Waals surface area contributed by atoms with E-state index in [1.54, 1.807) is 12.1 Å². The third kappa shape index (κ3) is 2.65. The van der Waals surface area contributed by atoms with Crippen LogP contribution in [-0.2, 0) is 6.42 Å². The van der Waals surface area contributed by atoms with E-state index in [0.717, 1.165) is 34.0 Å². The Bertz CT molecular complexity index is 1080. The molecule has 0 aliphatic heterocycles. The summed E-state index contributed by atoms with van der Waals surface area (Å²) in [5.41, 5.74) is 2.03. The second-order valence-electron chi connectivity index (χ2n) is 5.41. The molecule has 3 heterocycles. The van der Waals surface area contributed by atoms with Crippen molar-refractivity contribution in [3.8, 4) is 11.6 Å². The number of benzene rings is 1. The molecule has 6 heteroatoms. The number of fused-ring (bicyclic) bond motifs is 2. The molecule has 0 spiro atoms. The molecule has 4 rings (SSSR count). The van der Waals surface area contributed by atoms with Crippen LogP contribution in [0.25, 0.3) is 21.2 Å². The molecule has 0 saturated heterocycles. The van der Waals surface area contributed by atoms with Gasteiger partial charge in [-0.05, 0) is 35.6 Å². The first-order valence-electron chi connectivity index (χ1n) is 7.67. The Labute approximate surface area is 141 Å². The SMILES string of the molecule is CCCc1cc(=O)oc2cc(Oc3ncnc4ccsc34)ccc12. The van der Waals surface area contributed by atoms with E-state index in [1.165, 1.54) is 17.7 Å². The molecule has 1 aromatic carbocycles. The molecule has 0 unspecified atom stereocenters. The monoisotopic (exact) mass is 338 g/mol. The van der Waals surface area contributed by atoms with E-state index in [4.69, 9.17) is 9.15 Å². The highest BCUT2D eigenvalue weighted by molar-refractivity contribution is 7.17. The van der Waals surface area contributed by atoms with E-state index >= 15 is 0 Å². The standard InChI is InChI=1S/C18H14N2O3S/c1-2-3-11-8-16(21)23-15-9-12(4-5-13(11)15)22-18-17-14(6-7-24-17)19-10-20-18/h4-10H,2-3H2,1H3. The summed E-state index contributed by atoms with van der Waals surface area (Å²) in [6.07, 6.45) is 3.28. The van der Waals surface area contributed by atoms with Gasteiger partial charge in [0.2, 0.25) is 5.88 Å². The first kappa shape index (κ1) is 14.8. The molecule has 0 aliphatic rings. The molecule has 4 aromatic rings. The summed E-state index contributed by atoms with van der Waals surface area (Å²) in [6.45, 7) is 2.08. The van der Waals surface area contributed by atoms with Crippen LogP contribution in [0.15, 0.2) is 51.3 Å². The highest BCUT2D eigenvalue weighted by Crippen LogP contribution is 2.32. The van der Waals surface area contributed by atoms with Crippen molar-refractivity contribution in [3.05, 3.63) is 58.0 Å². The average molecular weight is 338 g/mol. The van der Waals surface area contributed by atoms with Crippen molar-refractivity contribution in [3.63, 3.8) is 0 Å². The number of rotatable bonds is 4. The van der Waals surface area contributed by atoms with Crippen molar-refractivity contribution in [1.82, 2.24) is 9.97 Å². The van der Waals surface area contributed by atoms with Gasteiger partial charge in [0.15, 0.2) is 0 Å². The van der Waals surface area contributed by atoms with Crippen LogP contribution < -0.4 is 10.4 Å². The van der Waals surface area contributed by atoms with Crippen molar-refractivity contribution < 1.29 is 9.15 Å². The average Bonchev–Trinajstić information content (AvgIpc) is 3.04. The maximum atomic E-state index is 11.8.